The molecule has 2 rings (SSSR count). The molecule has 1 unspecified atom stereocenters. The Balaban J connectivity index is 1.99. The van der Waals surface area contributed by atoms with Gasteiger partial charge in [0, 0.05) is 35.0 Å². The first-order valence-electron chi connectivity index (χ1n) is 5.80. The predicted octanol–water partition coefficient (Wildman–Crippen LogP) is 1.99. The van der Waals surface area contributed by atoms with Gasteiger partial charge in [0.05, 0.1) is 5.69 Å². The lowest BCUT2D eigenvalue weighted by Gasteiger charge is -2.04. The second-order valence-electron chi connectivity index (χ2n) is 4.07. The molecule has 4 heteroatoms. The molecular weight excluding hydrogens is 244 g/mol. The van der Waals surface area contributed by atoms with E-state index in [1.54, 1.807) is 6.20 Å². The molecule has 3 nitrogen and oxygen atoms in total. The van der Waals surface area contributed by atoms with Crippen LogP contribution < -0.4 is 5.73 Å². The van der Waals surface area contributed by atoms with Crippen molar-refractivity contribution in [3.05, 3.63) is 65.5 Å². The first-order chi connectivity index (χ1) is 8.78. The molecular formula is C14H16N2OS. The molecule has 1 heterocycles. The van der Waals surface area contributed by atoms with Crippen LogP contribution in [0.3, 0.4) is 0 Å². The Kier molecular flexibility index (Phi) is 4.61. The molecule has 0 aliphatic carbocycles. The molecule has 0 bridgehead atoms. The summed E-state index contributed by atoms with van der Waals surface area (Å²) in [5, 5.41) is 0. The van der Waals surface area contributed by atoms with Crippen molar-refractivity contribution in [2.45, 2.75) is 18.1 Å². The summed E-state index contributed by atoms with van der Waals surface area (Å²) >= 11 is 0. The Bertz CT molecular complexity index is 528. The third-order valence-electron chi connectivity index (χ3n) is 2.59. The molecule has 0 aliphatic heterocycles. The molecule has 0 spiro atoms. The van der Waals surface area contributed by atoms with Crippen LogP contribution in [0.1, 0.15) is 16.8 Å². The lowest BCUT2D eigenvalue weighted by Crippen LogP contribution is -2.03. The molecule has 0 amide bonds. The monoisotopic (exact) mass is 260 g/mol. The highest BCUT2D eigenvalue weighted by atomic mass is 32.2. The van der Waals surface area contributed by atoms with Crippen molar-refractivity contribution < 1.29 is 4.21 Å². The van der Waals surface area contributed by atoms with Crippen molar-refractivity contribution in [3.8, 4) is 0 Å². The van der Waals surface area contributed by atoms with Gasteiger partial charge in [-0.25, -0.2) is 0 Å². The van der Waals surface area contributed by atoms with Gasteiger partial charge in [-0.1, -0.05) is 30.3 Å². The average molecular weight is 260 g/mol. The van der Waals surface area contributed by atoms with E-state index < -0.39 is 10.8 Å². The van der Waals surface area contributed by atoms with Crippen LogP contribution in [0.4, 0.5) is 0 Å². The van der Waals surface area contributed by atoms with Gasteiger partial charge in [0.2, 0.25) is 0 Å². The highest BCUT2D eigenvalue weighted by Gasteiger charge is 2.04. The second kappa shape index (κ2) is 6.42. The summed E-state index contributed by atoms with van der Waals surface area (Å²) in [4.78, 5) is 4.13. The van der Waals surface area contributed by atoms with E-state index >= 15 is 0 Å². The highest BCUT2D eigenvalue weighted by molar-refractivity contribution is 7.83. The molecule has 2 N–H and O–H groups in total. The maximum Gasteiger partial charge on any atom is 0.0542 e. The first kappa shape index (κ1) is 12.9. The Morgan fingerprint density at radius 3 is 2.50 bits per heavy atom. The second-order valence-corrected chi connectivity index (χ2v) is 5.53. The van der Waals surface area contributed by atoms with Gasteiger partial charge in [-0.15, -0.1) is 0 Å². The first-order valence-corrected chi connectivity index (χ1v) is 7.29. The lowest BCUT2D eigenvalue weighted by molar-refractivity contribution is 0.682. The van der Waals surface area contributed by atoms with Gasteiger partial charge in [0.15, 0.2) is 0 Å². The summed E-state index contributed by atoms with van der Waals surface area (Å²) in [5.41, 5.74) is 8.50. The van der Waals surface area contributed by atoms with E-state index in [2.05, 4.69) is 4.98 Å². The number of hydrogen-bond acceptors (Lipinski definition) is 3. The van der Waals surface area contributed by atoms with Crippen molar-refractivity contribution in [1.82, 2.24) is 4.98 Å². The van der Waals surface area contributed by atoms with E-state index in [0.29, 0.717) is 18.1 Å². The van der Waals surface area contributed by atoms with E-state index in [-0.39, 0.29) is 0 Å². The van der Waals surface area contributed by atoms with Gasteiger partial charge in [-0.2, -0.15) is 0 Å². The number of nitrogens with zero attached hydrogens (tertiary/aromatic N) is 1. The topological polar surface area (TPSA) is 56.0 Å². The Hall–Kier alpha value is -1.52. The number of hydrogen-bond donors (Lipinski definition) is 1. The van der Waals surface area contributed by atoms with Gasteiger partial charge in [-0.05, 0) is 23.3 Å². The van der Waals surface area contributed by atoms with Crippen LogP contribution in [-0.2, 0) is 28.9 Å². The molecule has 1 atom stereocenters. The van der Waals surface area contributed by atoms with E-state index in [1.165, 1.54) is 0 Å². The van der Waals surface area contributed by atoms with Gasteiger partial charge < -0.3 is 5.73 Å². The zero-order chi connectivity index (χ0) is 12.8. The smallest absolute Gasteiger partial charge is 0.0542 e. The number of aromatic nitrogens is 1. The maximum atomic E-state index is 12.0. The van der Waals surface area contributed by atoms with Crippen LogP contribution >= 0.6 is 0 Å². The van der Waals surface area contributed by atoms with E-state index in [0.717, 1.165) is 16.8 Å². The van der Waals surface area contributed by atoms with Crippen molar-refractivity contribution in [1.29, 1.82) is 0 Å². The zero-order valence-corrected chi connectivity index (χ0v) is 10.9. The SMILES string of the molecule is NCc1cc(CS(=O)Cc2ccccc2)ccn1. The van der Waals surface area contributed by atoms with Crippen LogP contribution in [0.2, 0.25) is 0 Å². The van der Waals surface area contributed by atoms with Crippen molar-refractivity contribution in [2.24, 2.45) is 5.73 Å². The number of nitrogens with two attached hydrogens (primary N) is 1. The Morgan fingerprint density at radius 2 is 1.78 bits per heavy atom. The fourth-order valence-corrected chi connectivity index (χ4v) is 2.94. The van der Waals surface area contributed by atoms with Gasteiger partial charge in [0.1, 0.15) is 0 Å². The molecule has 0 fully saturated rings. The van der Waals surface area contributed by atoms with Gasteiger partial charge in [-0.3, -0.25) is 9.19 Å². The van der Waals surface area contributed by atoms with Crippen LogP contribution in [0.15, 0.2) is 48.7 Å². The summed E-state index contributed by atoms with van der Waals surface area (Å²) in [6, 6.07) is 13.7. The minimum Gasteiger partial charge on any atom is -0.325 e. The number of pyridine rings is 1. The molecule has 0 radical (unpaired) electrons. The van der Waals surface area contributed by atoms with Crippen LogP contribution in [0.25, 0.3) is 0 Å². The van der Waals surface area contributed by atoms with E-state index in [4.69, 9.17) is 5.73 Å². The molecule has 18 heavy (non-hydrogen) atoms. The molecule has 94 valence electrons. The van der Waals surface area contributed by atoms with Gasteiger partial charge in [0.25, 0.3) is 0 Å². The predicted molar refractivity (Wildman–Crippen MR) is 74.1 cm³/mol. The largest absolute Gasteiger partial charge is 0.325 e. The Labute approximate surface area is 110 Å². The van der Waals surface area contributed by atoms with Crippen molar-refractivity contribution >= 4 is 10.8 Å². The quantitative estimate of drug-likeness (QED) is 0.894. The summed E-state index contributed by atoms with van der Waals surface area (Å²) in [6.45, 7) is 0.416. The minimum absolute atomic E-state index is 0.416. The third kappa shape index (κ3) is 3.75. The number of rotatable bonds is 5. The summed E-state index contributed by atoms with van der Waals surface area (Å²) in [5.74, 6) is 1.13. The van der Waals surface area contributed by atoms with Crippen molar-refractivity contribution in [3.63, 3.8) is 0 Å². The molecule has 2 aromatic rings. The van der Waals surface area contributed by atoms with E-state index in [9.17, 15) is 4.21 Å². The molecule has 1 aromatic carbocycles. The fourth-order valence-electron chi connectivity index (χ4n) is 1.73. The third-order valence-corrected chi connectivity index (χ3v) is 3.90. The molecule has 0 saturated carbocycles. The van der Waals surface area contributed by atoms with Crippen molar-refractivity contribution in [2.75, 3.05) is 0 Å². The molecule has 1 aromatic heterocycles. The van der Waals surface area contributed by atoms with Crippen LogP contribution in [0, 0.1) is 0 Å². The zero-order valence-electron chi connectivity index (χ0n) is 10.1. The summed E-state index contributed by atoms with van der Waals surface area (Å²) < 4.78 is 12.0. The lowest BCUT2D eigenvalue weighted by atomic mass is 10.2. The summed E-state index contributed by atoms with van der Waals surface area (Å²) in [6.07, 6.45) is 1.72. The fraction of sp³-hybridized carbons (Fsp3) is 0.214. The molecule has 0 aliphatic rings. The van der Waals surface area contributed by atoms with Crippen LogP contribution in [0.5, 0.6) is 0 Å². The van der Waals surface area contributed by atoms with Crippen LogP contribution in [-0.4, -0.2) is 9.19 Å². The van der Waals surface area contributed by atoms with Gasteiger partial charge >= 0.3 is 0 Å². The normalized spacial score (nSPS) is 12.3. The average Bonchev–Trinajstić information content (AvgIpc) is 2.40. The standard InChI is InChI=1S/C14H16N2OS/c15-9-14-8-13(6-7-16-14)11-18(17)10-12-4-2-1-3-5-12/h1-8H,9-11,15H2. The number of benzene rings is 1. The van der Waals surface area contributed by atoms with E-state index in [1.807, 2.05) is 42.5 Å². The minimum atomic E-state index is -0.901. The maximum absolute atomic E-state index is 12.0. The molecule has 0 saturated heterocycles. The highest BCUT2D eigenvalue weighted by Crippen LogP contribution is 2.09. The summed E-state index contributed by atoms with van der Waals surface area (Å²) in [7, 11) is -0.901. The Morgan fingerprint density at radius 1 is 1.06 bits per heavy atom.